The maximum Gasteiger partial charge on any atom is 0.310 e. The number of hydrogen-bond acceptors (Lipinski definition) is 7. The number of hydrogen-bond donors (Lipinski definition) is 0. The average Bonchev–Trinajstić information content (AvgIpc) is 3.45. The van der Waals surface area contributed by atoms with E-state index in [1.807, 2.05) is 48.5 Å². The van der Waals surface area contributed by atoms with Crippen molar-refractivity contribution >= 4 is 28.4 Å². The Bertz CT molecular complexity index is 1540. The van der Waals surface area contributed by atoms with Gasteiger partial charge in [0.15, 0.2) is 18.1 Å². The second-order valence-corrected chi connectivity index (χ2v) is 9.35. The monoisotopic (exact) mass is 538 g/mol. The van der Waals surface area contributed by atoms with E-state index in [0.717, 1.165) is 27.6 Å². The molecule has 8 nitrogen and oxygen atoms in total. The fourth-order valence-corrected chi connectivity index (χ4v) is 4.88. The number of fused-ring (bicyclic) bond motifs is 1. The molecule has 0 fully saturated rings. The highest BCUT2D eigenvalue weighted by Gasteiger charge is 2.33. The number of hydrazone groups is 1. The standard InChI is InChI=1S/C32H30N2O6/c1-37-28-15-21(16-29(38-2)32(28)39-3)17-31(36)40-20-30(35)34-27(23-10-5-4-6-11-23)19-26(33-34)25-14-13-22-9-7-8-12-24(22)18-25/h4-16,18,27H,17,19-20H2,1-3H3. The molecule has 0 aromatic heterocycles. The van der Waals surface area contributed by atoms with Crippen molar-refractivity contribution in [3.63, 3.8) is 0 Å². The van der Waals surface area contributed by atoms with E-state index in [1.54, 1.807) is 12.1 Å². The summed E-state index contributed by atoms with van der Waals surface area (Å²) in [4.78, 5) is 26.1. The van der Waals surface area contributed by atoms with Crippen molar-refractivity contribution < 1.29 is 28.5 Å². The molecule has 0 N–H and O–H groups in total. The minimum atomic E-state index is -0.559. The first-order valence-corrected chi connectivity index (χ1v) is 12.9. The smallest absolute Gasteiger partial charge is 0.310 e. The lowest BCUT2D eigenvalue weighted by molar-refractivity contribution is -0.152. The number of esters is 1. The van der Waals surface area contributed by atoms with Crippen LogP contribution in [0, 0.1) is 0 Å². The molecular formula is C32H30N2O6. The largest absolute Gasteiger partial charge is 0.493 e. The van der Waals surface area contributed by atoms with Crippen LogP contribution in [-0.2, 0) is 20.7 Å². The van der Waals surface area contributed by atoms with E-state index in [2.05, 4.69) is 24.3 Å². The molecule has 1 amide bonds. The van der Waals surface area contributed by atoms with E-state index in [1.165, 1.54) is 26.3 Å². The van der Waals surface area contributed by atoms with Gasteiger partial charge >= 0.3 is 5.97 Å². The third-order valence-corrected chi connectivity index (χ3v) is 6.86. The SMILES string of the molecule is COc1cc(CC(=O)OCC(=O)N2N=C(c3ccc4ccccc4c3)CC2c2ccccc2)cc(OC)c1OC. The molecule has 40 heavy (non-hydrogen) atoms. The molecule has 1 aliphatic heterocycles. The molecule has 8 heteroatoms. The van der Waals surface area contributed by atoms with Crippen molar-refractivity contribution in [2.24, 2.45) is 5.10 Å². The van der Waals surface area contributed by atoms with Gasteiger partial charge in [-0.3, -0.25) is 9.59 Å². The second kappa shape index (κ2) is 11.9. The van der Waals surface area contributed by atoms with E-state index in [-0.39, 0.29) is 12.5 Å². The zero-order valence-corrected chi connectivity index (χ0v) is 22.6. The Labute approximate surface area is 232 Å². The highest BCUT2D eigenvalue weighted by Crippen LogP contribution is 2.38. The molecule has 1 aliphatic rings. The molecule has 1 unspecified atom stereocenters. The first-order valence-electron chi connectivity index (χ1n) is 12.9. The number of ether oxygens (including phenoxy) is 4. The van der Waals surface area contributed by atoms with Crippen LogP contribution in [0.2, 0.25) is 0 Å². The predicted octanol–water partition coefficient (Wildman–Crippen LogP) is 5.33. The predicted molar refractivity (Wildman–Crippen MR) is 152 cm³/mol. The van der Waals surface area contributed by atoms with Crippen molar-refractivity contribution in [3.8, 4) is 17.2 Å². The minimum Gasteiger partial charge on any atom is -0.493 e. The molecule has 5 rings (SSSR count). The van der Waals surface area contributed by atoms with Crippen molar-refractivity contribution in [1.29, 1.82) is 0 Å². The maximum atomic E-state index is 13.3. The lowest BCUT2D eigenvalue weighted by atomic mass is 9.97. The zero-order chi connectivity index (χ0) is 28.1. The number of nitrogens with zero attached hydrogens (tertiary/aromatic N) is 2. The van der Waals surface area contributed by atoms with E-state index < -0.39 is 18.5 Å². The molecule has 4 aromatic carbocycles. The van der Waals surface area contributed by atoms with Crippen LogP contribution >= 0.6 is 0 Å². The normalized spacial score (nSPS) is 14.5. The fourth-order valence-electron chi connectivity index (χ4n) is 4.88. The zero-order valence-electron chi connectivity index (χ0n) is 22.6. The molecule has 0 saturated carbocycles. The van der Waals surface area contributed by atoms with E-state index >= 15 is 0 Å². The van der Waals surface area contributed by atoms with E-state index in [0.29, 0.717) is 29.2 Å². The molecule has 1 atom stereocenters. The summed E-state index contributed by atoms with van der Waals surface area (Å²) in [6.07, 6.45) is 0.477. The maximum absolute atomic E-state index is 13.3. The molecule has 204 valence electrons. The van der Waals surface area contributed by atoms with Crippen LogP contribution in [0.15, 0.2) is 90.0 Å². The average molecular weight is 539 g/mol. The van der Waals surface area contributed by atoms with Crippen molar-refractivity contribution in [3.05, 3.63) is 102 Å². The summed E-state index contributed by atoms with van der Waals surface area (Å²) in [7, 11) is 4.52. The van der Waals surface area contributed by atoms with Gasteiger partial charge in [-0.15, -0.1) is 0 Å². The van der Waals surface area contributed by atoms with Crippen molar-refractivity contribution in [2.75, 3.05) is 27.9 Å². The summed E-state index contributed by atoms with van der Waals surface area (Å²) >= 11 is 0. The van der Waals surface area contributed by atoms with Gasteiger partial charge in [-0.05, 0) is 45.7 Å². The molecule has 0 bridgehead atoms. The van der Waals surface area contributed by atoms with Gasteiger partial charge in [0.05, 0.1) is 39.5 Å². The molecule has 1 heterocycles. The van der Waals surface area contributed by atoms with Crippen LogP contribution < -0.4 is 14.2 Å². The highest BCUT2D eigenvalue weighted by molar-refractivity contribution is 6.05. The van der Waals surface area contributed by atoms with E-state index in [4.69, 9.17) is 24.0 Å². The first-order chi connectivity index (χ1) is 19.5. The number of carbonyl (C=O) groups excluding carboxylic acids is 2. The first kappa shape index (κ1) is 26.7. The summed E-state index contributed by atoms with van der Waals surface area (Å²) < 4.78 is 21.4. The summed E-state index contributed by atoms with van der Waals surface area (Å²) in [5, 5.41) is 8.39. The number of methoxy groups -OCH3 is 3. The van der Waals surface area contributed by atoms with Gasteiger partial charge in [0.25, 0.3) is 5.91 Å². The van der Waals surface area contributed by atoms with Gasteiger partial charge in [-0.2, -0.15) is 5.10 Å². The topological polar surface area (TPSA) is 86.7 Å². The fraction of sp³-hybridized carbons (Fsp3) is 0.219. The number of amides is 1. The number of rotatable bonds is 9. The Balaban J connectivity index is 1.32. The molecule has 4 aromatic rings. The van der Waals surface area contributed by atoms with Crippen LogP contribution in [0.3, 0.4) is 0 Å². The quantitative estimate of drug-likeness (QED) is 0.268. The Morgan fingerprint density at radius 3 is 2.17 bits per heavy atom. The number of carbonyl (C=O) groups is 2. The molecule has 0 aliphatic carbocycles. The van der Waals surface area contributed by atoms with Crippen LogP contribution in [0.25, 0.3) is 10.8 Å². The van der Waals surface area contributed by atoms with Crippen molar-refractivity contribution in [1.82, 2.24) is 5.01 Å². The van der Waals surface area contributed by atoms with Crippen LogP contribution in [0.5, 0.6) is 17.2 Å². The van der Waals surface area contributed by atoms with Gasteiger partial charge in [-0.1, -0.05) is 66.7 Å². The molecule has 0 spiro atoms. The summed E-state index contributed by atoms with van der Waals surface area (Å²) in [5.41, 5.74) is 3.32. The summed E-state index contributed by atoms with van der Waals surface area (Å²) in [6, 6.07) is 27.1. The molecule has 0 radical (unpaired) electrons. The van der Waals surface area contributed by atoms with Gasteiger partial charge in [0, 0.05) is 6.42 Å². The van der Waals surface area contributed by atoms with Gasteiger partial charge in [0.1, 0.15) is 0 Å². The Hall–Kier alpha value is -4.85. The molecule has 0 saturated heterocycles. The Morgan fingerprint density at radius 1 is 0.825 bits per heavy atom. The van der Waals surface area contributed by atoms with Gasteiger partial charge in [0.2, 0.25) is 5.75 Å². The van der Waals surface area contributed by atoms with Crippen LogP contribution in [0.1, 0.15) is 29.2 Å². The second-order valence-electron chi connectivity index (χ2n) is 9.35. The van der Waals surface area contributed by atoms with Gasteiger partial charge in [-0.25, -0.2) is 5.01 Å². The van der Waals surface area contributed by atoms with E-state index in [9.17, 15) is 9.59 Å². The Kier molecular flexibility index (Phi) is 7.96. The lowest BCUT2D eigenvalue weighted by Crippen LogP contribution is -2.31. The lowest BCUT2D eigenvalue weighted by Gasteiger charge is -2.22. The molecular weight excluding hydrogens is 508 g/mol. The van der Waals surface area contributed by atoms with Crippen LogP contribution in [0.4, 0.5) is 0 Å². The highest BCUT2D eigenvalue weighted by atomic mass is 16.5. The third-order valence-electron chi connectivity index (χ3n) is 6.86. The summed E-state index contributed by atoms with van der Waals surface area (Å²) in [6.45, 7) is -0.429. The van der Waals surface area contributed by atoms with Crippen LogP contribution in [-0.4, -0.2) is 50.5 Å². The Morgan fingerprint density at radius 2 is 1.50 bits per heavy atom. The summed E-state index contributed by atoms with van der Waals surface area (Å²) in [5.74, 6) is 0.330. The third kappa shape index (κ3) is 5.61. The number of benzene rings is 4. The minimum absolute atomic E-state index is 0.0717. The van der Waals surface area contributed by atoms with Gasteiger partial charge < -0.3 is 18.9 Å². The van der Waals surface area contributed by atoms with Crippen molar-refractivity contribution in [2.45, 2.75) is 18.9 Å².